The topological polar surface area (TPSA) is 65.2 Å². The number of nitrogens with zero attached hydrogens (tertiary/aromatic N) is 1. The molecule has 1 aromatic heterocycles. The highest BCUT2D eigenvalue weighted by atomic mass is 35.5. The van der Waals surface area contributed by atoms with Crippen molar-refractivity contribution in [3.63, 3.8) is 0 Å². The summed E-state index contributed by atoms with van der Waals surface area (Å²) < 4.78 is 4.51. The average molecular weight is 201 g/mol. The Morgan fingerprint density at radius 1 is 1.69 bits per heavy atom. The van der Waals surface area contributed by atoms with Crippen LogP contribution in [0.15, 0.2) is 6.20 Å². The molecule has 1 aromatic rings. The van der Waals surface area contributed by atoms with Gasteiger partial charge in [-0.15, -0.1) is 0 Å². The van der Waals surface area contributed by atoms with Crippen LogP contribution in [0.1, 0.15) is 15.9 Å². The number of anilines is 1. The summed E-state index contributed by atoms with van der Waals surface area (Å²) in [7, 11) is 1.28. The molecule has 1 heterocycles. The fourth-order valence-corrected chi connectivity index (χ4v) is 1.08. The van der Waals surface area contributed by atoms with Crippen molar-refractivity contribution in [1.82, 2.24) is 4.98 Å². The van der Waals surface area contributed by atoms with Crippen LogP contribution in [0.3, 0.4) is 0 Å². The molecular formula is C8H9ClN2O2. The second-order valence-corrected chi connectivity index (χ2v) is 2.87. The van der Waals surface area contributed by atoms with Gasteiger partial charge in [0, 0.05) is 11.8 Å². The van der Waals surface area contributed by atoms with Crippen molar-refractivity contribution < 1.29 is 9.53 Å². The van der Waals surface area contributed by atoms with E-state index in [0.717, 1.165) is 0 Å². The van der Waals surface area contributed by atoms with E-state index in [1.54, 1.807) is 6.92 Å². The molecule has 0 aliphatic carbocycles. The van der Waals surface area contributed by atoms with Crippen molar-refractivity contribution in [2.24, 2.45) is 0 Å². The van der Waals surface area contributed by atoms with Gasteiger partial charge in [0.1, 0.15) is 5.82 Å². The molecule has 5 heteroatoms. The molecule has 0 aliphatic heterocycles. The lowest BCUT2D eigenvalue weighted by Gasteiger charge is -2.05. The van der Waals surface area contributed by atoms with Gasteiger partial charge in [-0.3, -0.25) is 0 Å². The highest BCUT2D eigenvalue weighted by Gasteiger charge is 2.14. The second kappa shape index (κ2) is 3.62. The second-order valence-electron chi connectivity index (χ2n) is 2.49. The zero-order chi connectivity index (χ0) is 10.0. The van der Waals surface area contributed by atoms with E-state index in [0.29, 0.717) is 16.4 Å². The number of pyridine rings is 1. The quantitative estimate of drug-likeness (QED) is 0.697. The highest BCUT2D eigenvalue weighted by molar-refractivity contribution is 6.34. The first-order valence-electron chi connectivity index (χ1n) is 3.56. The van der Waals surface area contributed by atoms with Crippen molar-refractivity contribution in [3.8, 4) is 0 Å². The van der Waals surface area contributed by atoms with Gasteiger partial charge in [0.05, 0.1) is 17.7 Å². The molecule has 0 bridgehead atoms. The number of esters is 1. The maximum absolute atomic E-state index is 11.1. The molecule has 1 rings (SSSR count). The number of carbonyl (C=O) groups excluding carboxylic acids is 1. The van der Waals surface area contributed by atoms with E-state index in [9.17, 15) is 4.79 Å². The van der Waals surface area contributed by atoms with E-state index in [2.05, 4.69) is 9.72 Å². The Bertz CT molecular complexity index is 352. The zero-order valence-electron chi connectivity index (χ0n) is 7.30. The van der Waals surface area contributed by atoms with E-state index < -0.39 is 5.97 Å². The molecule has 4 nitrogen and oxygen atoms in total. The summed E-state index contributed by atoms with van der Waals surface area (Å²) in [5.41, 5.74) is 6.30. The van der Waals surface area contributed by atoms with Gasteiger partial charge in [0.2, 0.25) is 0 Å². The summed E-state index contributed by atoms with van der Waals surface area (Å²) in [6, 6.07) is 0. The monoisotopic (exact) mass is 200 g/mol. The lowest BCUT2D eigenvalue weighted by Crippen LogP contribution is -2.06. The van der Waals surface area contributed by atoms with Gasteiger partial charge in [-0.25, -0.2) is 9.78 Å². The van der Waals surface area contributed by atoms with Gasteiger partial charge in [-0.1, -0.05) is 11.6 Å². The number of nitrogen functional groups attached to an aromatic ring is 1. The van der Waals surface area contributed by atoms with E-state index in [-0.39, 0.29) is 5.56 Å². The van der Waals surface area contributed by atoms with Gasteiger partial charge in [0.25, 0.3) is 0 Å². The Morgan fingerprint density at radius 3 is 2.85 bits per heavy atom. The first kappa shape index (κ1) is 9.80. The fourth-order valence-electron chi connectivity index (χ4n) is 0.854. The van der Waals surface area contributed by atoms with Crippen LogP contribution in [0.25, 0.3) is 0 Å². The summed E-state index contributed by atoms with van der Waals surface area (Å²) in [4.78, 5) is 14.9. The van der Waals surface area contributed by atoms with Gasteiger partial charge in [0.15, 0.2) is 0 Å². The van der Waals surface area contributed by atoms with Crippen LogP contribution in [-0.4, -0.2) is 18.1 Å². The first-order valence-corrected chi connectivity index (χ1v) is 3.94. The third-order valence-corrected chi connectivity index (χ3v) is 2.18. The van der Waals surface area contributed by atoms with Crippen molar-refractivity contribution >= 4 is 23.4 Å². The molecule has 0 spiro atoms. The molecule has 13 heavy (non-hydrogen) atoms. The Kier molecular flexibility index (Phi) is 2.72. The maximum Gasteiger partial charge on any atom is 0.340 e. The SMILES string of the molecule is COC(=O)c1cnc(N)c(C)c1Cl. The fraction of sp³-hybridized carbons (Fsp3) is 0.250. The number of aromatic nitrogens is 1. The Hall–Kier alpha value is -1.29. The number of hydrogen-bond acceptors (Lipinski definition) is 4. The number of ether oxygens (including phenoxy) is 1. The predicted octanol–water partition coefficient (Wildman–Crippen LogP) is 1.41. The number of carbonyl (C=O) groups is 1. The van der Waals surface area contributed by atoms with Crippen molar-refractivity contribution in [2.75, 3.05) is 12.8 Å². The van der Waals surface area contributed by atoms with Crippen molar-refractivity contribution in [2.45, 2.75) is 6.92 Å². The molecule has 0 fully saturated rings. The molecule has 0 atom stereocenters. The van der Waals surface area contributed by atoms with E-state index >= 15 is 0 Å². The minimum atomic E-state index is -0.513. The van der Waals surface area contributed by atoms with Gasteiger partial charge in [-0.2, -0.15) is 0 Å². The van der Waals surface area contributed by atoms with Gasteiger partial charge < -0.3 is 10.5 Å². The summed E-state index contributed by atoms with van der Waals surface area (Å²) in [6.45, 7) is 1.69. The van der Waals surface area contributed by atoms with E-state index in [1.807, 2.05) is 0 Å². The molecule has 0 aliphatic rings. The molecule has 0 radical (unpaired) electrons. The standard InChI is InChI=1S/C8H9ClN2O2/c1-4-6(9)5(8(12)13-2)3-11-7(4)10/h3H,1-2H3,(H2,10,11). The largest absolute Gasteiger partial charge is 0.465 e. The summed E-state index contributed by atoms with van der Waals surface area (Å²) in [5, 5.41) is 0.291. The van der Waals surface area contributed by atoms with Crippen LogP contribution >= 0.6 is 11.6 Å². The summed E-state index contributed by atoms with van der Waals surface area (Å²) >= 11 is 5.85. The number of methoxy groups -OCH3 is 1. The van der Waals surface area contributed by atoms with E-state index in [1.165, 1.54) is 13.3 Å². The molecule has 0 amide bonds. The van der Waals surface area contributed by atoms with Gasteiger partial charge >= 0.3 is 5.97 Å². The summed E-state index contributed by atoms with van der Waals surface area (Å²) in [6.07, 6.45) is 1.30. The lowest BCUT2D eigenvalue weighted by molar-refractivity contribution is 0.0600. The van der Waals surface area contributed by atoms with Crippen LogP contribution in [-0.2, 0) is 4.74 Å². The molecule has 70 valence electrons. The zero-order valence-corrected chi connectivity index (χ0v) is 8.05. The highest BCUT2D eigenvalue weighted by Crippen LogP contribution is 2.23. The third kappa shape index (κ3) is 1.72. The average Bonchev–Trinajstić information content (AvgIpc) is 2.13. The molecule has 2 N–H and O–H groups in total. The molecule has 0 saturated carbocycles. The maximum atomic E-state index is 11.1. The Morgan fingerprint density at radius 2 is 2.31 bits per heavy atom. The van der Waals surface area contributed by atoms with Crippen molar-refractivity contribution in [1.29, 1.82) is 0 Å². The van der Waals surface area contributed by atoms with Crippen molar-refractivity contribution in [3.05, 3.63) is 22.3 Å². The Labute approximate surface area is 80.7 Å². The molecule has 0 unspecified atom stereocenters. The Balaban J connectivity index is 3.26. The number of nitrogens with two attached hydrogens (primary N) is 1. The minimum absolute atomic E-state index is 0.232. The van der Waals surface area contributed by atoms with E-state index in [4.69, 9.17) is 17.3 Å². The molecule has 0 saturated heterocycles. The van der Waals surface area contributed by atoms with Crippen LogP contribution < -0.4 is 5.73 Å². The number of halogens is 1. The first-order chi connectivity index (χ1) is 6.07. The summed E-state index contributed by atoms with van der Waals surface area (Å²) in [5.74, 6) is -0.196. The third-order valence-electron chi connectivity index (χ3n) is 1.69. The number of hydrogen-bond donors (Lipinski definition) is 1. The van der Waals surface area contributed by atoms with Gasteiger partial charge in [-0.05, 0) is 6.92 Å². The smallest absolute Gasteiger partial charge is 0.340 e. The van der Waals surface area contributed by atoms with Crippen LogP contribution in [0.2, 0.25) is 5.02 Å². The minimum Gasteiger partial charge on any atom is -0.465 e. The number of rotatable bonds is 1. The normalized spacial score (nSPS) is 9.77. The lowest BCUT2D eigenvalue weighted by atomic mass is 10.2. The van der Waals surface area contributed by atoms with Crippen LogP contribution in [0.4, 0.5) is 5.82 Å². The molecule has 0 aromatic carbocycles. The van der Waals surface area contributed by atoms with Crippen LogP contribution in [0, 0.1) is 6.92 Å². The predicted molar refractivity (Wildman–Crippen MR) is 49.7 cm³/mol. The van der Waals surface area contributed by atoms with Crippen LogP contribution in [0.5, 0.6) is 0 Å². The molecular weight excluding hydrogens is 192 g/mol.